The molecule has 0 saturated carbocycles. The van der Waals surface area contributed by atoms with Gasteiger partial charge in [0, 0.05) is 6.20 Å². The summed E-state index contributed by atoms with van der Waals surface area (Å²) in [4.78, 5) is 17.8. The molecule has 0 saturated heterocycles. The zero-order chi connectivity index (χ0) is 8.27. The van der Waals surface area contributed by atoms with Crippen LogP contribution in [-0.2, 0) is 11.2 Å². The number of hydrogen-bond acceptors (Lipinski definition) is 3. The minimum atomic E-state index is -0.874. The Kier molecular flexibility index (Phi) is 2.75. The first-order chi connectivity index (χ1) is 5.20. The van der Waals surface area contributed by atoms with E-state index in [-0.39, 0.29) is 6.42 Å². The van der Waals surface area contributed by atoms with Crippen LogP contribution < -0.4 is 0 Å². The Balaban J connectivity index is 2.86. The lowest BCUT2D eigenvalue weighted by molar-refractivity contribution is -0.136. The number of carboxylic acids is 1. The summed E-state index contributed by atoms with van der Waals surface area (Å²) < 4.78 is 0.785. The van der Waals surface area contributed by atoms with Gasteiger partial charge < -0.3 is 5.11 Å². The van der Waals surface area contributed by atoms with Crippen molar-refractivity contribution in [1.29, 1.82) is 0 Å². The number of rotatable bonds is 2. The van der Waals surface area contributed by atoms with Crippen LogP contribution in [0.25, 0.3) is 0 Å². The summed E-state index contributed by atoms with van der Waals surface area (Å²) in [6, 6.07) is 0. The van der Waals surface area contributed by atoms with E-state index in [0.717, 1.165) is 3.57 Å². The largest absolute Gasteiger partial charge is 0.481 e. The lowest BCUT2D eigenvalue weighted by Crippen LogP contribution is -2.04. The Morgan fingerprint density at radius 2 is 2.45 bits per heavy atom. The van der Waals surface area contributed by atoms with Gasteiger partial charge in [0.2, 0.25) is 0 Å². The SMILES string of the molecule is O=C(O)Cc1ncncc1I. The van der Waals surface area contributed by atoms with Crippen LogP contribution in [0.15, 0.2) is 12.5 Å². The zero-order valence-corrected chi connectivity index (χ0v) is 7.65. The van der Waals surface area contributed by atoms with Gasteiger partial charge >= 0.3 is 5.97 Å². The van der Waals surface area contributed by atoms with Gasteiger partial charge in [-0.25, -0.2) is 9.97 Å². The molecule has 1 heterocycles. The molecule has 0 aromatic carbocycles. The monoisotopic (exact) mass is 264 g/mol. The summed E-state index contributed by atoms with van der Waals surface area (Å²) >= 11 is 2.01. The van der Waals surface area contributed by atoms with Crippen LogP contribution >= 0.6 is 22.6 Å². The van der Waals surface area contributed by atoms with E-state index < -0.39 is 5.97 Å². The highest BCUT2D eigenvalue weighted by atomic mass is 127. The van der Waals surface area contributed by atoms with Crippen LogP contribution in [0, 0.1) is 3.57 Å². The molecule has 1 rings (SSSR count). The molecule has 0 aliphatic carbocycles. The fourth-order valence-electron chi connectivity index (χ4n) is 0.611. The molecule has 0 radical (unpaired) electrons. The van der Waals surface area contributed by atoms with Gasteiger partial charge in [0.05, 0.1) is 15.7 Å². The Morgan fingerprint density at radius 1 is 1.73 bits per heavy atom. The van der Waals surface area contributed by atoms with Crippen molar-refractivity contribution in [2.75, 3.05) is 0 Å². The maximum Gasteiger partial charge on any atom is 0.309 e. The van der Waals surface area contributed by atoms with Gasteiger partial charge in [0.1, 0.15) is 6.33 Å². The Morgan fingerprint density at radius 3 is 3.00 bits per heavy atom. The van der Waals surface area contributed by atoms with Crippen LogP contribution in [0.4, 0.5) is 0 Å². The number of halogens is 1. The minimum absolute atomic E-state index is 0.0409. The first kappa shape index (κ1) is 8.38. The number of aliphatic carboxylic acids is 1. The predicted octanol–water partition coefficient (Wildman–Crippen LogP) is 0.708. The minimum Gasteiger partial charge on any atom is -0.481 e. The molecule has 0 amide bonds. The molecule has 0 atom stereocenters. The second kappa shape index (κ2) is 3.61. The molecule has 0 bridgehead atoms. The van der Waals surface area contributed by atoms with Gasteiger partial charge in [-0.3, -0.25) is 4.79 Å². The van der Waals surface area contributed by atoms with Crippen molar-refractivity contribution < 1.29 is 9.90 Å². The van der Waals surface area contributed by atoms with Gasteiger partial charge in [0.15, 0.2) is 0 Å². The average molecular weight is 264 g/mol. The van der Waals surface area contributed by atoms with E-state index in [9.17, 15) is 4.79 Å². The smallest absolute Gasteiger partial charge is 0.309 e. The highest BCUT2D eigenvalue weighted by Gasteiger charge is 2.04. The molecule has 58 valence electrons. The Labute approximate surface area is 76.8 Å². The van der Waals surface area contributed by atoms with E-state index in [0.29, 0.717) is 5.69 Å². The molecule has 11 heavy (non-hydrogen) atoms. The maximum atomic E-state index is 10.3. The molecule has 1 N–H and O–H groups in total. The van der Waals surface area contributed by atoms with Crippen molar-refractivity contribution in [3.05, 3.63) is 21.8 Å². The fourth-order valence-corrected chi connectivity index (χ4v) is 1.10. The molecule has 5 heteroatoms. The second-order valence-electron chi connectivity index (χ2n) is 1.89. The number of aromatic nitrogens is 2. The van der Waals surface area contributed by atoms with E-state index in [1.54, 1.807) is 6.20 Å². The van der Waals surface area contributed by atoms with Crippen molar-refractivity contribution >= 4 is 28.6 Å². The van der Waals surface area contributed by atoms with E-state index in [1.807, 2.05) is 22.6 Å². The van der Waals surface area contributed by atoms with Crippen molar-refractivity contribution in [3.8, 4) is 0 Å². The quantitative estimate of drug-likeness (QED) is 0.799. The average Bonchev–Trinajstić information content (AvgIpc) is 1.93. The number of nitrogens with zero attached hydrogens (tertiary/aromatic N) is 2. The molecule has 4 nitrogen and oxygen atoms in total. The Hall–Kier alpha value is -0.720. The first-order valence-electron chi connectivity index (χ1n) is 2.86. The second-order valence-corrected chi connectivity index (χ2v) is 3.05. The molecule has 0 spiro atoms. The highest BCUT2D eigenvalue weighted by molar-refractivity contribution is 14.1. The molecule has 1 aromatic heterocycles. The van der Waals surface area contributed by atoms with Gasteiger partial charge in [-0.1, -0.05) is 0 Å². The molecule has 1 aromatic rings. The summed E-state index contributed by atoms with van der Waals surface area (Å²) in [7, 11) is 0. The number of hydrogen-bond donors (Lipinski definition) is 1. The third-order valence-electron chi connectivity index (χ3n) is 1.06. The highest BCUT2D eigenvalue weighted by Crippen LogP contribution is 2.06. The third kappa shape index (κ3) is 2.41. The van der Waals surface area contributed by atoms with E-state index in [4.69, 9.17) is 5.11 Å². The predicted molar refractivity (Wildman–Crippen MR) is 46.1 cm³/mol. The third-order valence-corrected chi connectivity index (χ3v) is 1.96. The molecule has 0 fully saturated rings. The van der Waals surface area contributed by atoms with Crippen LogP contribution in [0.3, 0.4) is 0 Å². The van der Waals surface area contributed by atoms with Crippen LogP contribution in [0.2, 0.25) is 0 Å². The van der Waals surface area contributed by atoms with Crippen molar-refractivity contribution in [3.63, 3.8) is 0 Å². The normalized spacial score (nSPS) is 9.55. The number of carboxylic acid groups (broad SMARTS) is 1. The van der Waals surface area contributed by atoms with Gasteiger partial charge in [0.25, 0.3) is 0 Å². The standard InChI is InChI=1S/C6H5IN2O2/c7-4-2-8-3-9-5(4)1-6(10)11/h2-3H,1H2,(H,10,11). The zero-order valence-electron chi connectivity index (χ0n) is 5.49. The van der Waals surface area contributed by atoms with Crippen molar-refractivity contribution in [2.45, 2.75) is 6.42 Å². The van der Waals surface area contributed by atoms with Crippen LogP contribution in [0.1, 0.15) is 5.69 Å². The lowest BCUT2D eigenvalue weighted by atomic mass is 10.3. The van der Waals surface area contributed by atoms with E-state index in [2.05, 4.69) is 9.97 Å². The molecule has 0 unspecified atom stereocenters. The lowest BCUT2D eigenvalue weighted by Gasteiger charge is -1.96. The maximum absolute atomic E-state index is 10.3. The van der Waals surface area contributed by atoms with Gasteiger partial charge in [-0.05, 0) is 22.6 Å². The first-order valence-corrected chi connectivity index (χ1v) is 3.94. The molecule has 0 aliphatic heterocycles. The fraction of sp³-hybridized carbons (Fsp3) is 0.167. The van der Waals surface area contributed by atoms with E-state index in [1.165, 1.54) is 6.33 Å². The topological polar surface area (TPSA) is 63.1 Å². The van der Waals surface area contributed by atoms with Crippen LogP contribution in [0.5, 0.6) is 0 Å². The summed E-state index contributed by atoms with van der Waals surface area (Å²) in [5.41, 5.74) is 0.563. The molecular weight excluding hydrogens is 259 g/mol. The van der Waals surface area contributed by atoms with Gasteiger partial charge in [-0.15, -0.1) is 0 Å². The van der Waals surface area contributed by atoms with Gasteiger partial charge in [-0.2, -0.15) is 0 Å². The number of carbonyl (C=O) groups is 1. The summed E-state index contributed by atoms with van der Waals surface area (Å²) in [5.74, 6) is -0.874. The van der Waals surface area contributed by atoms with Crippen molar-refractivity contribution in [1.82, 2.24) is 9.97 Å². The summed E-state index contributed by atoms with van der Waals surface area (Å²) in [6.45, 7) is 0. The summed E-state index contributed by atoms with van der Waals surface area (Å²) in [5, 5.41) is 8.43. The Bertz CT molecular complexity index is 277. The molecular formula is C6H5IN2O2. The van der Waals surface area contributed by atoms with Crippen molar-refractivity contribution in [2.24, 2.45) is 0 Å². The summed E-state index contributed by atoms with van der Waals surface area (Å²) in [6.07, 6.45) is 2.90. The van der Waals surface area contributed by atoms with Crippen LogP contribution in [-0.4, -0.2) is 21.0 Å². The van der Waals surface area contributed by atoms with E-state index >= 15 is 0 Å². The molecule has 0 aliphatic rings.